The summed E-state index contributed by atoms with van der Waals surface area (Å²) in [7, 11) is 0. The number of aryl methyl sites for hydroxylation is 2. The topological polar surface area (TPSA) is 88.1 Å². The second kappa shape index (κ2) is 6.42. The highest BCUT2D eigenvalue weighted by molar-refractivity contribution is 5.87. The van der Waals surface area contributed by atoms with Gasteiger partial charge in [-0.05, 0) is 48.7 Å². The molecule has 1 aromatic carbocycles. The monoisotopic (exact) mass is 245 g/mol. The lowest BCUT2D eigenvalue weighted by molar-refractivity contribution is 0.165. The van der Waals surface area contributed by atoms with E-state index in [9.17, 15) is 4.79 Å². The molecule has 0 aliphatic rings. The fourth-order valence-electron chi connectivity index (χ4n) is 1.64. The Bertz CT molecular complexity index is 492. The molecule has 0 saturated carbocycles. The van der Waals surface area contributed by atoms with Gasteiger partial charge in [-0.15, -0.1) is 0 Å². The molecule has 0 unspecified atom stereocenters. The predicted molar refractivity (Wildman–Crippen MR) is 69.7 cm³/mol. The fourth-order valence-corrected chi connectivity index (χ4v) is 1.64. The van der Waals surface area contributed by atoms with Crippen molar-refractivity contribution in [2.75, 3.05) is 12.0 Å². The van der Waals surface area contributed by atoms with Crippen LogP contribution in [0.3, 0.4) is 0 Å². The Balaban J connectivity index is 2.98. The standard InChI is InChI=1S/C13H15N3O2/c1-9-6-11(4-3-5-14)7-10(2)12(9)16-13(17)18-8-15/h3-4,6-7H,8,15H2,1-2H3,(H,16,17)/b4-3+. The highest BCUT2D eigenvalue weighted by Crippen LogP contribution is 2.23. The summed E-state index contributed by atoms with van der Waals surface area (Å²) in [5, 5.41) is 11.1. The molecule has 5 heteroatoms. The number of carbonyl (C=O) groups excluding carboxylic acids is 1. The molecule has 1 rings (SSSR count). The van der Waals surface area contributed by atoms with Gasteiger partial charge in [0.15, 0.2) is 0 Å². The number of hydrogen-bond donors (Lipinski definition) is 2. The van der Waals surface area contributed by atoms with Crippen LogP contribution < -0.4 is 11.1 Å². The first-order chi connectivity index (χ1) is 8.58. The molecule has 5 nitrogen and oxygen atoms in total. The summed E-state index contributed by atoms with van der Waals surface area (Å²) in [6.45, 7) is 3.58. The quantitative estimate of drug-likeness (QED) is 0.631. The van der Waals surface area contributed by atoms with Crippen LogP contribution in [0.5, 0.6) is 0 Å². The van der Waals surface area contributed by atoms with Crippen molar-refractivity contribution in [2.45, 2.75) is 13.8 Å². The summed E-state index contributed by atoms with van der Waals surface area (Å²) in [5.74, 6) is 0. The molecule has 0 atom stereocenters. The lowest BCUT2D eigenvalue weighted by Gasteiger charge is -2.12. The third-order valence-electron chi connectivity index (χ3n) is 2.35. The Morgan fingerprint density at radius 3 is 2.61 bits per heavy atom. The predicted octanol–water partition coefficient (Wildman–Crippen LogP) is 2.30. The first-order valence-corrected chi connectivity index (χ1v) is 5.39. The van der Waals surface area contributed by atoms with Gasteiger partial charge in [0.2, 0.25) is 0 Å². The number of hydrogen-bond acceptors (Lipinski definition) is 4. The minimum absolute atomic E-state index is 0.160. The molecule has 0 saturated heterocycles. The molecular weight excluding hydrogens is 230 g/mol. The number of anilines is 1. The zero-order valence-electron chi connectivity index (χ0n) is 10.4. The van der Waals surface area contributed by atoms with E-state index in [1.807, 2.05) is 32.0 Å². The van der Waals surface area contributed by atoms with Gasteiger partial charge in [-0.3, -0.25) is 11.1 Å². The molecule has 0 fully saturated rings. The van der Waals surface area contributed by atoms with Crippen LogP contribution in [0.2, 0.25) is 0 Å². The van der Waals surface area contributed by atoms with Gasteiger partial charge < -0.3 is 4.74 Å². The Morgan fingerprint density at radius 1 is 1.50 bits per heavy atom. The molecule has 0 heterocycles. The second-order valence-corrected chi connectivity index (χ2v) is 3.72. The Labute approximate surface area is 106 Å². The number of carbonyl (C=O) groups is 1. The SMILES string of the molecule is Cc1cc(/C=C/C#N)cc(C)c1NC(=O)OCN. The lowest BCUT2D eigenvalue weighted by atomic mass is 10.0. The molecule has 0 aromatic heterocycles. The number of ether oxygens (including phenoxy) is 1. The van der Waals surface area contributed by atoms with E-state index in [0.29, 0.717) is 5.69 Å². The molecule has 1 amide bonds. The average Bonchev–Trinajstić information content (AvgIpc) is 2.31. The van der Waals surface area contributed by atoms with Crippen molar-refractivity contribution < 1.29 is 9.53 Å². The number of nitriles is 1. The third kappa shape index (κ3) is 3.61. The molecule has 0 bridgehead atoms. The maximum atomic E-state index is 11.3. The number of nitrogens with two attached hydrogens (primary N) is 1. The lowest BCUT2D eigenvalue weighted by Crippen LogP contribution is -2.19. The number of allylic oxidation sites excluding steroid dienone is 1. The van der Waals surface area contributed by atoms with Crippen LogP contribution in [-0.2, 0) is 4.74 Å². The van der Waals surface area contributed by atoms with Crippen molar-refractivity contribution >= 4 is 17.9 Å². The molecule has 0 radical (unpaired) electrons. The molecule has 18 heavy (non-hydrogen) atoms. The van der Waals surface area contributed by atoms with E-state index in [-0.39, 0.29) is 6.73 Å². The minimum atomic E-state index is -0.580. The van der Waals surface area contributed by atoms with Gasteiger partial charge >= 0.3 is 6.09 Å². The Morgan fingerprint density at radius 2 is 2.11 bits per heavy atom. The summed E-state index contributed by atoms with van der Waals surface area (Å²) in [6, 6.07) is 5.68. The van der Waals surface area contributed by atoms with Gasteiger partial charge in [0.25, 0.3) is 0 Å². The molecular formula is C13H15N3O2. The Hall–Kier alpha value is -2.32. The molecule has 0 aliphatic carbocycles. The van der Waals surface area contributed by atoms with Crippen molar-refractivity contribution in [3.05, 3.63) is 34.9 Å². The summed E-state index contributed by atoms with van der Waals surface area (Å²) in [5.41, 5.74) is 8.50. The van der Waals surface area contributed by atoms with Crippen LogP contribution >= 0.6 is 0 Å². The zero-order valence-corrected chi connectivity index (χ0v) is 10.4. The Kier molecular flexibility index (Phi) is 4.90. The number of benzene rings is 1. The summed E-state index contributed by atoms with van der Waals surface area (Å²) >= 11 is 0. The van der Waals surface area contributed by atoms with Crippen LogP contribution in [0.1, 0.15) is 16.7 Å². The maximum absolute atomic E-state index is 11.3. The van der Waals surface area contributed by atoms with E-state index in [1.165, 1.54) is 6.08 Å². The number of nitrogens with one attached hydrogen (secondary N) is 1. The van der Waals surface area contributed by atoms with Gasteiger partial charge in [0.05, 0.1) is 6.07 Å². The van der Waals surface area contributed by atoms with Gasteiger partial charge in [-0.1, -0.05) is 0 Å². The van der Waals surface area contributed by atoms with E-state index >= 15 is 0 Å². The van der Waals surface area contributed by atoms with Crippen LogP contribution in [0, 0.1) is 25.2 Å². The van der Waals surface area contributed by atoms with Gasteiger partial charge in [0, 0.05) is 11.8 Å². The molecule has 3 N–H and O–H groups in total. The maximum Gasteiger partial charge on any atom is 0.412 e. The van der Waals surface area contributed by atoms with Crippen LogP contribution in [-0.4, -0.2) is 12.8 Å². The first kappa shape index (κ1) is 13.7. The number of nitrogens with zero attached hydrogens (tertiary/aromatic N) is 1. The molecule has 1 aromatic rings. The zero-order chi connectivity index (χ0) is 13.5. The highest BCUT2D eigenvalue weighted by Gasteiger charge is 2.08. The van der Waals surface area contributed by atoms with E-state index in [4.69, 9.17) is 11.0 Å². The van der Waals surface area contributed by atoms with Crippen LogP contribution in [0.4, 0.5) is 10.5 Å². The smallest absolute Gasteiger partial charge is 0.412 e. The van der Waals surface area contributed by atoms with Crippen molar-refractivity contribution in [3.8, 4) is 6.07 Å². The van der Waals surface area contributed by atoms with Crippen LogP contribution in [0.25, 0.3) is 6.08 Å². The summed E-state index contributed by atoms with van der Waals surface area (Å²) in [4.78, 5) is 11.3. The van der Waals surface area contributed by atoms with Crippen molar-refractivity contribution in [2.24, 2.45) is 5.73 Å². The molecule has 94 valence electrons. The highest BCUT2D eigenvalue weighted by atomic mass is 16.6. The second-order valence-electron chi connectivity index (χ2n) is 3.72. The molecule has 0 aliphatic heterocycles. The largest absolute Gasteiger partial charge is 0.434 e. The summed E-state index contributed by atoms with van der Waals surface area (Å²) in [6.07, 6.45) is 2.54. The molecule has 0 spiro atoms. The third-order valence-corrected chi connectivity index (χ3v) is 2.35. The fraction of sp³-hybridized carbons (Fsp3) is 0.231. The minimum Gasteiger partial charge on any atom is -0.434 e. The number of amides is 1. The van der Waals surface area contributed by atoms with Gasteiger partial charge in [0.1, 0.15) is 6.73 Å². The van der Waals surface area contributed by atoms with E-state index in [1.54, 1.807) is 6.08 Å². The van der Waals surface area contributed by atoms with E-state index in [0.717, 1.165) is 16.7 Å². The van der Waals surface area contributed by atoms with E-state index < -0.39 is 6.09 Å². The van der Waals surface area contributed by atoms with Gasteiger partial charge in [-0.2, -0.15) is 5.26 Å². The van der Waals surface area contributed by atoms with Crippen molar-refractivity contribution in [1.82, 2.24) is 0 Å². The first-order valence-electron chi connectivity index (χ1n) is 5.39. The van der Waals surface area contributed by atoms with E-state index in [2.05, 4.69) is 10.1 Å². The van der Waals surface area contributed by atoms with Gasteiger partial charge in [-0.25, -0.2) is 4.79 Å². The normalized spacial score (nSPS) is 10.1. The van der Waals surface area contributed by atoms with Crippen LogP contribution in [0.15, 0.2) is 18.2 Å². The summed E-state index contributed by atoms with van der Waals surface area (Å²) < 4.78 is 4.62. The number of rotatable bonds is 3. The van der Waals surface area contributed by atoms with Crippen molar-refractivity contribution in [3.63, 3.8) is 0 Å². The van der Waals surface area contributed by atoms with Crippen molar-refractivity contribution in [1.29, 1.82) is 5.26 Å². The average molecular weight is 245 g/mol.